The summed E-state index contributed by atoms with van der Waals surface area (Å²) in [4.78, 5) is 57.0. The first-order valence-corrected chi connectivity index (χ1v) is 13.9. The highest BCUT2D eigenvalue weighted by Crippen LogP contribution is 2.31. The number of fused-ring (bicyclic) bond motifs is 1. The van der Waals surface area contributed by atoms with Crippen LogP contribution in [0.2, 0.25) is 0 Å². The normalized spacial score (nSPS) is 17.6. The van der Waals surface area contributed by atoms with Crippen LogP contribution < -0.4 is 10.1 Å². The van der Waals surface area contributed by atoms with E-state index in [0.717, 1.165) is 64.2 Å². The molecule has 9 nitrogen and oxygen atoms in total. The Kier molecular flexibility index (Phi) is 9.42. The van der Waals surface area contributed by atoms with Crippen LogP contribution in [0, 0.1) is 5.92 Å². The number of amides is 2. The van der Waals surface area contributed by atoms with Gasteiger partial charge in [-0.3, -0.25) is 19.2 Å². The van der Waals surface area contributed by atoms with Crippen LogP contribution in [0.4, 0.5) is 0 Å². The van der Waals surface area contributed by atoms with Crippen LogP contribution in [0.25, 0.3) is 10.9 Å². The van der Waals surface area contributed by atoms with Gasteiger partial charge in [-0.2, -0.15) is 0 Å². The molecule has 1 atom stereocenters. The quantitative estimate of drug-likeness (QED) is 0.294. The number of carbonyl (C=O) groups is 4. The number of methoxy groups -OCH3 is 1. The first-order valence-electron chi connectivity index (χ1n) is 13.9. The number of nitrogens with zero attached hydrogens (tertiary/aromatic N) is 1. The molecule has 2 aliphatic carbocycles. The van der Waals surface area contributed by atoms with E-state index in [1.807, 2.05) is 0 Å². The number of Topliss-reactive ketones (excluding diaryl/α,β-unsaturated/α-hetero) is 1. The Morgan fingerprint density at radius 1 is 1.05 bits per heavy atom. The second-order valence-electron chi connectivity index (χ2n) is 10.6. The van der Waals surface area contributed by atoms with Gasteiger partial charge in [0.1, 0.15) is 11.8 Å². The maximum Gasteiger partial charge on any atom is 0.303 e. The Bertz CT molecular complexity index is 1150. The molecule has 3 N–H and O–H groups in total. The fourth-order valence-corrected chi connectivity index (χ4v) is 6.03. The molecule has 9 heteroatoms. The number of aliphatic carboxylic acids is 1. The van der Waals surface area contributed by atoms with Gasteiger partial charge in [-0.1, -0.05) is 38.5 Å². The van der Waals surface area contributed by atoms with Crippen LogP contribution in [0.3, 0.4) is 0 Å². The van der Waals surface area contributed by atoms with Gasteiger partial charge in [-0.15, -0.1) is 0 Å². The molecule has 0 radical (unpaired) electrons. The zero-order valence-corrected chi connectivity index (χ0v) is 22.2. The summed E-state index contributed by atoms with van der Waals surface area (Å²) in [5, 5.41) is 13.0. The van der Waals surface area contributed by atoms with Gasteiger partial charge in [-0.05, 0) is 50.2 Å². The van der Waals surface area contributed by atoms with Crippen LogP contribution in [-0.4, -0.2) is 64.3 Å². The molecule has 0 saturated heterocycles. The first-order chi connectivity index (χ1) is 18.4. The van der Waals surface area contributed by atoms with Crippen LogP contribution in [0.5, 0.6) is 5.75 Å². The number of benzene rings is 1. The number of nitrogens with one attached hydrogen (secondary N) is 2. The largest absolute Gasteiger partial charge is 0.497 e. The number of carbonyl (C=O) groups excluding carboxylic acids is 3. The van der Waals surface area contributed by atoms with Crippen molar-refractivity contribution in [1.82, 2.24) is 15.2 Å². The maximum absolute atomic E-state index is 13.9. The predicted molar refractivity (Wildman–Crippen MR) is 143 cm³/mol. The molecule has 1 aromatic heterocycles. The number of carboxylic acids is 1. The number of aromatic nitrogens is 1. The summed E-state index contributed by atoms with van der Waals surface area (Å²) in [5.41, 5.74) is 0.891. The van der Waals surface area contributed by atoms with Gasteiger partial charge in [-0.25, -0.2) is 0 Å². The lowest BCUT2D eigenvalue weighted by Gasteiger charge is -2.38. The molecule has 1 aromatic carbocycles. The fraction of sp³-hybridized carbons (Fsp3) is 0.586. The van der Waals surface area contributed by atoms with E-state index in [1.165, 1.54) is 11.1 Å². The van der Waals surface area contributed by atoms with E-state index in [-0.39, 0.29) is 42.8 Å². The molecule has 0 spiro atoms. The summed E-state index contributed by atoms with van der Waals surface area (Å²) < 4.78 is 5.26. The second-order valence-corrected chi connectivity index (χ2v) is 10.6. The van der Waals surface area contributed by atoms with Gasteiger partial charge in [0.15, 0.2) is 0 Å². The van der Waals surface area contributed by atoms with Gasteiger partial charge < -0.3 is 25.0 Å². The van der Waals surface area contributed by atoms with E-state index in [9.17, 15) is 24.3 Å². The first kappa shape index (κ1) is 27.7. The Morgan fingerprint density at radius 3 is 2.39 bits per heavy atom. The molecule has 1 unspecified atom stereocenters. The molecule has 2 saturated carbocycles. The third kappa shape index (κ3) is 6.55. The summed E-state index contributed by atoms with van der Waals surface area (Å²) >= 11 is 0. The van der Waals surface area contributed by atoms with E-state index in [2.05, 4.69) is 10.3 Å². The second kappa shape index (κ2) is 12.9. The zero-order valence-electron chi connectivity index (χ0n) is 22.2. The van der Waals surface area contributed by atoms with Crippen molar-refractivity contribution in [3.8, 4) is 5.75 Å². The lowest BCUT2D eigenvalue weighted by Crippen LogP contribution is -2.57. The lowest BCUT2D eigenvalue weighted by molar-refractivity contribution is -0.141. The molecule has 2 aromatic rings. The number of ketones is 1. The number of H-pyrrole nitrogens is 1. The van der Waals surface area contributed by atoms with Crippen molar-refractivity contribution in [1.29, 1.82) is 0 Å². The number of hydrogen-bond acceptors (Lipinski definition) is 5. The molecular formula is C29H39N3O6. The van der Waals surface area contributed by atoms with E-state index >= 15 is 0 Å². The molecule has 38 heavy (non-hydrogen) atoms. The average Bonchev–Trinajstić information content (AvgIpc) is 3.35. The van der Waals surface area contributed by atoms with Crippen molar-refractivity contribution in [3.05, 3.63) is 30.0 Å². The zero-order chi connectivity index (χ0) is 27.1. The highest BCUT2D eigenvalue weighted by atomic mass is 16.5. The third-order valence-corrected chi connectivity index (χ3v) is 8.03. The fourth-order valence-electron chi connectivity index (χ4n) is 6.03. The van der Waals surface area contributed by atoms with E-state index in [0.29, 0.717) is 16.7 Å². The highest BCUT2D eigenvalue weighted by molar-refractivity contribution is 6.45. The number of aromatic amines is 1. The summed E-state index contributed by atoms with van der Waals surface area (Å²) in [6.45, 7) is 0.0340. The van der Waals surface area contributed by atoms with Gasteiger partial charge in [0.2, 0.25) is 5.91 Å². The number of ether oxygens (including phenoxy) is 1. The predicted octanol–water partition coefficient (Wildman–Crippen LogP) is 4.45. The van der Waals surface area contributed by atoms with Gasteiger partial charge in [0.05, 0.1) is 12.7 Å². The lowest BCUT2D eigenvalue weighted by atomic mass is 9.82. The topological polar surface area (TPSA) is 129 Å². The molecular weight excluding hydrogens is 486 g/mol. The Morgan fingerprint density at radius 2 is 1.74 bits per heavy atom. The highest BCUT2D eigenvalue weighted by Gasteiger charge is 2.40. The van der Waals surface area contributed by atoms with Crippen molar-refractivity contribution in [2.24, 2.45) is 5.92 Å². The van der Waals surface area contributed by atoms with Crippen LogP contribution in [0.15, 0.2) is 24.4 Å². The van der Waals surface area contributed by atoms with Crippen LogP contribution in [0.1, 0.15) is 87.4 Å². The summed E-state index contributed by atoms with van der Waals surface area (Å²) in [7, 11) is 1.55. The minimum Gasteiger partial charge on any atom is -0.497 e. The molecule has 0 bridgehead atoms. The van der Waals surface area contributed by atoms with Crippen LogP contribution in [-0.2, 0) is 14.4 Å². The average molecular weight is 526 g/mol. The van der Waals surface area contributed by atoms with Gasteiger partial charge in [0, 0.05) is 42.2 Å². The van der Waals surface area contributed by atoms with Crippen LogP contribution >= 0.6 is 0 Å². The molecule has 206 valence electrons. The van der Waals surface area contributed by atoms with E-state index in [1.54, 1.807) is 25.3 Å². The summed E-state index contributed by atoms with van der Waals surface area (Å²) in [6.07, 6.45) is 11.2. The number of rotatable bonds is 11. The molecule has 1 heterocycles. The third-order valence-electron chi connectivity index (χ3n) is 8.03. The molecule has 4 rings (SSSR count). The van der Waals surface area contributed by atoms with Crippen molar-refractivity contribution >= 4 is 34.5 Å². The van der Waals surface area contributed by atoms with E-state index in [4.69, 9.17) is 4.74 Å². The monoisotopic (exact) mass is 525 g/mol. The van der Waals surface area contributed by atoms with Gasteiger partial charge >= 0.3 is 5.97 Å². The smallest absolute Gasteiger partial charge is 0.303 e. The molecule has 0 aliphatic heterocycles. The Hall–Kier alpha value is -3.36. The summed E-state index contributed by atoms with van der Waals surface area (Å²) in [5.74, 6) is -2.11. The van der Waals surface area contributed by atoms with Crippen molar-refractivity contribution in [2.45, 2.75) is 89.1 Å². The van der Waals surface area contributed by atoms with Crippen molar-refractivity contribution in [3.63, 3.8) is 0 Å². The number of carboxylic acid groups (broad SMARTS) is 1. The Balaban J connectivity index is 1.64. The number of hydrogen-bond donors (Lipinski definition) is 3. The van der Waals surface area contributed by atoms with Crippen molar-refractivity contribution in [2.75, 3.05) is 13.7 Å². The van der Waals surface area contributed by atoms with E-state index < -0.39 is 23.7 Å². The molecule has 2 fully saturated rings. The standard InChI is InChI=1S/C29H39N3O6/c1-38-21-14-15-22-23(18-30-24(22)17-21)27(35)29(37)32(16-8-13-25(33)34)26(19-9-4-2-5-10-19)28(36)31-20-11-6-3-7-12-20/h14-15,17-20,26,30H,2-13,16H2,1H3,(H,31,36)(H,33,34). The maximum atomic E-state index is 13.9. The minimum atomic E-state index is -0.977. The molecule has 2 aliphatic rings. The summed E-state index contributed by atoms with van der Waals surface area (Å²) in [6, 6.07) is 4.48. The SMILES string of the molecule is COc1ccc2c(C(=O)C(=O)N(CCCC(=O)O)C(C(=O)NC3CCCCC3)C3CCCCC3)c[nH]c2c1. The minimum absolute atomic E-state index is 0.0340. The van der Waals surface area contributed by atoms with Gasteiger partial charge in [0.25, 0.3) is 11.7 Å². The Labute approximate surface area is 223 Å². The molecule has 2 amide bonds. The van der Waals surface area contributed by atoms with Crippen molar-refractivity contribution < 1.29 is 29.0 Å².